The van der Waals surface area contributed by atoms with Gasteiger partial charge in [0.1, 0.15) is 0 Å². The van der Waals surface area contributed by atoms with Crippen molar-refractivity contribution in [3.63, 3.8) is 0 Å². The van der Waals surface area contributed by atoms with E-state index in [0.717, 1.165) is 33.6 Å². The van der Waals surface area contributed by atoms with Crippen LogP contribution >= 0.6 is 0 Å². The summed E-state index contributed by atoms with van der Waals surface area (Å²) in [5.74, 6) is 0. The SMILES string of the molecule is CC(C)(C)c1cc(-c2cc(-c3ccccc3)nc(-c3cc4ccccc4cn3)c2)cc(C(C)(C)C)c1. The van der Waals surface area contributed by atoms with E-state index in [4.69, 9.17) is 9.97 Å². The summed E-state index contributed by atoms with van der Waals surface area (Å²) in [6, 6.07) is 32.4. The van der Waals surface area contributed by atoms with Gasteiger partial charge in [-0.2, -0.15) is 0 Å². The van der Waals surface area contributed by atoms with Crippen molar-refractivity contribution in [1.82, 2.24) is 9.97 Å². The van der Waals surface area contributed by atoms with Crippen molar-refractivity contribution in [2.45, 2.75) is 52.4 Å². The lowest BCUT2D eigenvalue weighted by atomic mass is 9.79. The van der Waals surface area contributed by atoms with Crippen LogP contribution in [0.1, 0.15) is 52.7 Å². The van der Waals surface area contributed by atoms with E-state index in [9.17, 15) is 0 Å². The molecule has 0 fully saturated rings. The van der Waals surface area contributed by atoms with Gasteiger partial charge in [0.25, 0.3) is 0 Å². The third kappa shape index (κ3) is 4.95. The molecule has 2 nitrogen and oxygen atoms in total. The van der Waals surface area contributed by atoms with Crippen LogP contribution in [0.2, 0.25) is 0 Å². The molecule has 0 N–H and O–H groups in total. The maximum absolute atomic E-state index is 5.09. The van der Waals surface area contributed by atoms with Crippen LogP contribution in [0, 0.1) is 0 Å². The van der Waals surface area contributed by atoms with Crippen LogP contribution in [0.3, 0.4) is 0 Å². The summed E-state index contributed by atoms with van der Waals surface area (Å²) in [4.78, 5) is 9.88. The van der Waals surface area contributed by atoms with Gasteiger partial charge in [-0.3, -0.25) is 4.98 Å². The summed E-state index contributed by atoms with van der Waals surface area (Å²) in [5.41, 5.74) is 8.98. The Morgan fingerprint density at radius 3 is 1.67 bits per heavy atom. The molecule has 0 aliphatic rings. The molecule has 0 bridgehead atoms. The van der Waals surface area contributed by atoms with Gasteiger partial charge in [0, 0.05) is 17.1 Å². The first-order chi connectivity index (χ1) is 17.1. The minimum atomic E-state index is 0.0496. The lowest BCUT2D eigenvalue weighted by Gasteiger charge is -2.26. The van der Waals surface area contributed by atoms with Crippen molar-refractivity contribution >= 4 is 10.8 Å². The summed E-state index contributed by atoms with van der Waals surface area (Å²) in [6.45, 7) is 13.7. The van der Waals surface area contributed by atoms with Crippen LogP contribution in [0.15, 0.2) is 97.2 Å². The van der Waals surface area contributed by atoms with Gasteiger partial charge >= 0.3 is 0 Å². The average Bonchev–Trinajstić information content (AvgIpc) is 2.87. The summed E-state index contributed by atoms with van der Waals surface area (Å²) < 4.78 is 0. The van der Waals surface area contributed by atoms with Crippen molar-refractivity contribution < 1.29 is 0 Å². The number of aromatic nitrogens is 2. The lowest BCUT2D eigenvalue weighted by molar-refractivity contribution is 0.569. The Morgan fingerprint density at radius 1 is 0.472 bits per heavy atom. The Kier molecular flexibility index (Phi) is 6.00. The second kappa shape index (κ2) is 9.02. The third-order valence-electron chi connectivity index (χ3n) is 6.79. The molecule has 0 amide bonds. The van der Waals surface area contributed by atoms with Gasteiger partial charge in [0.15, 0.2) is 0 Å². The van der Waals surface area contributed by atoms with Crippen molar-refractivity contribution in [2.75, 3.05) is 0 Å². The van der Waals surface area contributed by atoms with E-state index in [2.05, 4.69) is 120 Å². The first kappa shape index (κ1) is 23.9. The summed E-state index contributed by atoms with van der Waals surface area (Å²) >= 11 is 0. The predicted octanol–water partition coefficient (Wildman–Crippen LogP) is 9.23. The standard InChI is InChI=1S/C34H34N2/c1-33(2,3)28-16-26(17-29(21-28)34(4,5)6)27-19-30(23-12-8-7-9-13-23)36-32(20-27)31-18-24-14-10-11-15-25(24)22-35-31/h7-22H,1-6H3. The van der Waals surface area contributed by atoms with E-state index >= 15 is 0 Å². The zero-order chi connectivity index (χ0) is 25.5. The Hall–Kier alpha value is -3.78. The van der Waals surface area contributed by atoms with E-state index < -0.39 is 0 Å². The van der Waals surface area contributed by atoms with Gasteiger partial charge < -0.3 is 0 Å². The van der Waals surface area contributed by atoms with Crippen LogP contribution in [0.4, 0.5) is 0 Å². The van der Waals surface area contributed by atoms with Crippen LogP contribution in [0.25, 0.3) is 44.5 Å². The summed E-state index contributed by atoms with van der Waals surface area (Å²) in [7, 11) is 0. The van der Waals surface area contributed by atoms with E-state index in [1.54, 1.807) is 0 Å². The van der Waals surface area contributed by atoms with Crippen molar-refractivity contribution in [3.8, 4) is 33.8 Å². The Labute approximate surface area is 215 Å². The molecule has 2 heteroatoms. The first-order valence-corrected chi connectivity index (χ1v) is 12.7. The number of rotatable bonds is 3. The van der Waals surface area contributed by atoms with Crippen molar-refractivity contribution in [1.29, 1.82) is 0 Å². The number of hydrogen-bond donors (Lipinski definition) is 0. The first-order valence-electron chi connectivity index (χ1n) is 12.7. The molecule has 0 spiro atoms. The topological polar surface area (TPSA) is 25.8 Å². The molecule has 0 saturated carbocycles. The largest absolute Gasteiger partial charge is 0.254 e. The number of pyridine rings is 2. The molecule has 5 rings (SSSR count). The van der Waals surface area contributed by atoms with Gasteiger partial charge in [-0.15, -0.1) is 0 Å². The third-order valence-corrected chi connectivity index (χ3v) is 6.79. The molecule has 0 saturated heterocycles. The second-order valence-electron chi connectivity index (χ2n) is 11.7. The lowest BCUT2D eigenvalue weighted by Crippen LogP contribution is -2.16. The molecule has 36 heavy (non-hydrogen) atoms. The van der Waals surface area contributed by atoms with Crippen molar-refractivity contribution in [2.24, 2.45) is 0 Å². The Morgan fingerprint density at radius 2 is 1.03 bits per heavy atom. The Bertz CT molecular complexity index is 1500. The van der Waals surface area contributed by atoms with E-state index in [1.807, 2.05) is 18.3 Å². The molecule has 5 aromatic rings. The fourth-order valence-electron chi connectivity index (χ4n) is 4.47. The van der Waals surface area contributed by atoms with Gasteiger partial charge in [-0.05, 0) is 56.7 Å². The fraction of sp³-hybridized carbons (Fsp3) is 0.235. The van der Waals surface area contributed by atoms with E-state index in [-0.39, 0.29) is 10.8 Å². The number of fused-ring (bicyclic) bond motifs is 1. The monoisotopic (exact) mass is 470 g/mol. The predicted molar refractivity (Wildman–Crippen MR) is 153 cm³/mol. The summed E-state index contributed by atoms with van der Waals surface area (Å²) in [5, 5.41) is 2.30. The van der Waals surface area contributed by atoms with Crippen LogP contribution in [-0.4, -0.2) is 9.97 Å². The van der Waals surface area contributed by atoms with Gasteiger partial charge in [0.05, 0.1) is 17.1 Å². The number of nitrogens with zero attached hydrogens (tertiary/aromatic N) is 2. The zero-order valence-electron chi connectivity index (χ0n) is 22.1. The highest BCUT2D eigenvalue weighted by molar-refractivity contribution is 5.86. The number of benzene rings is 3. The molecule has 0 unspecified atom stereocenters. The van der Waals surface area contributed by atoms with Crippen LogP contribution in [-0.2, 0) is 10.8 Å². The molecular formula is C34H34N2. The van der Waals surface area contributed by atoms with Crippen LogP contribution < -0.4 is 0 Å². The van der Waals surface area contributed by atoms with Crippen molar-refractivity contribution in [3.05, 3.63) is 108 Å². The second-order valence-corrected chi connectivity index (χ2v) is 11.7. The molecule has 2 heterocycles. The van der Waals surface area contributed by atoms with Gasteiger partial charge in [0.2, 0.25) is 0 Å². The zero-order valence-corrected chi connectivity index (χ0v) is 22.1. The average molecular weight is 471 g/mol. The minimum Gasteiger partial charge on any atom is -0.254 e. The molecule has 0 aliphatic heterocycles. The molecule has 2 aromatic heterocycles. The normalized spacial score (nSPS) is 12.2. The highest BCUT2D eigenvalue weighted by Gasteiger charge is 2.21. The van der Waals surface area contributed by atoms with Gasteiger partial charge in [-0.1, -0.05) is 114 Å². The summed E-state index contributed by atoms with van der Waals surface area (Å²) in [6.07, 6.45) is 1.94. The molecular weight excluding hydrogens is 436 g/mol. The maximum Gasteiger partial charge on any atom is 0.0900 e. The maximum atomic E-state index is 5.09. The van der Waals surface area contributed by atoms with Gasteiger partial charge in [-0.25, -0.2) is 4.98 Å². The van der Waals surface area contributed by atoms with Crippen LogP contribution in [0.5, 0.6) is 0 Å². The highest BCUT2D eigenvalue weighted by Crippen LogP contribution is 2.36. The van der Waals surface area contributed by atoms with E-state index in [0.29, 0.717) is 0 Å². The smallest absolute Gasteiger partial charge is 0.0900 e. The molecule has 0 aliphatic carbocycles. The molecule has 180 valence electrons. The molecule has 3 aromatic carbocycles. The minimum absolute atomic E-state index is 0.0496. The van der Waals surface area contributed by atoms with E-state index in [1.165, 1.54) is 22.1 Å². The Balaban J connectivity index is 1.75. The fourth-order valence-corrected chi connectivity index (χ4v) is 4.47. The molecule has 0 radical (unpaired) electrons. The number of hydrogen-bond acceptors (Lipinski definition) is 2. The molecule has 0 atom stereocenters. The quantitative estimate of drug-likeness (QED) is 0.263. The highest BCUT2D eigenvalue weighted by atomic mass is 14.8.